The number of aliphatic hydroxyl groups excluding tert-OH is 1. The van der Waals surface area contributed by atoms with Crippen LogP contribution >= 0.6 is 0 Å². The van der Waals surface area contributed by atoms with E-state index in [0.29, 0.717) is 90.8 Å². The van der Waals surface area contributed by atoms with Crippen molar-refractivity contribution in [1.29, 1.82) is 0 Å². The first-order chi connectivity index (χ1) is 53.6. The summed E-state index contributed by atoms with van der Waals surface area (Å²) in [7, 11) is 7.51. The molecule has 12 bridgehead atoms. The van der Waals surface area contributed by atoms with Gasteiger partial charge < -0.3 is 90.9 Å². The van der Waals surface area contributed by atoms with Crippen LogP contribution in [0, 0.1) is 5.41 Å². The average molecular weight is 1550 g/mol. The summed E-state index contributed by atoms with van der Waals surface area (Å²) in [5.74, 6) is -7.62. The minimum absolute atomic E-state index is 0.0401. The molecular weight excluding hydrogens is 1440 g/mol. The molecule has 3 fully saturated rings. The molecule has 0 radical (unpaired) electrons. The number of carbonyl (C=O) groups is 12. The molecule has 12 amide bonds. The van der Waals surface area contributed by atoms with Gasteiger partial charge in [0.25, 0.3) is 0 Å². The van der Waals surface area contributed by atoms with E-state index in [2.05, 4.69) is 52.4 Å². The average Bonchev–Trinajstić information content (AvgIpc) is 1.51. The van der Waals surface area contributed by atoms with Crippen molar-refractivity contribution in [3.05, 3.63) is 137 Å². The Hall–Kier alpha value is -10.3. The maximum Gasteiger partial charge on any atom is 0.246 e. The molecule has 5 aromatic rings. The lowest BCUT2D eigenvalue weighted by atomic mass is 9.95. The third-order valence-corrected chi connectivity index (χ3v) is 22.4. The van der Waals surface area contributed by atoms with Gasteiger partial charge >= 0.3 is 0 Å². The van der Waals surface area contributed by atoms with E-state index in [1.165, 1.54) is 30.8 Å². The second-order valence-corrected chi connectivity index (χ2v) is 31.7. The molecule has 10 N–H and O–H groups in total. The van der Waals surface area contributed by atoms with Gasteiger partial charge in [0.1, 0.15) is 66.1 Å². The molecular formula is C82H109N14O16+. The van der Waals surface area contributed by atoms with Gasteiger partial charge in [-0.3, -0.25) is 57.5 Å². The summed E-state index contributed by atoms with van der Waals surface area (Å²) < 4.78 is 20.3. The number of aryl methyl sites for hydroxylation is 1. The van der Waals surface area contributed by atoms with E-state index in [0.717, 1.165) is 34.9 Å². The molecule has 1 aromatic heterocycles. The Balaban J connectivity index is 0.993. The summed E-state index contributed by atoms with van der Waals surface area (Å²) in [6.45, 7) is 5.64. The van der Waals surface area contributed by atoms with Crippen molar-refractivity contribution in [2.75, 3.05) is 87.3 Å². The number of likely N-dealkylation sites (N-methyl/N-ethyl adjacent to an activating group) is 1. The Morgan fingerprint density at radius 2 is 1.39 bits per heavy atom. The monoisotopic (exact) mass is 1550 g/mol. The highest BCUT2D eigenvalue weighted by Gasteiger charge is 2.77. The molecule has 11 atom stereocenters. The SMILES string of the molecule is COc1ccc(C[C@@H]2NC(=O)[C@H]([C@@H](C)O)NC(=O)C34CCN5C(=O)[C@@H]6Cc7cn(c8ccccc78)CCCCCCN(Cc7ccc(cc7)CCNC(=O)[C@]7(C)CCCN7C2=O)C(=O)CCC(=O)N[C@@H](C)C(=O)N[C@H](CNC(=O)CCOCC[N+](C)(C)C)C(=O)N[C@@H](Cc2cccc(c2)CNC(=O)CO[C@@H]3C54)C(=O)N6)cc1. The molecule has 30 nitrogen and oxygen atoms in total. The molecule has 1 saturated carbocycles. The number of piperidine rings is 1. The first kappa shape index (κ1) is 82.7. The third kappa shape index (κ3) is 20.5. The van der Waals surface area contributed by atoms with Gasteiger partial charge in [-0.25, -0.2) is 0 Å². The van der Waals surface area contributed by atoms with Crippen molar-refractivity contribution in [1.82, 2.24) is 67.1 Å². The lowest BCUT2D eigenvalue weighted by Gasteiger charge is -2.37. The molecule has 112 heavy (non-hydrogen) atoms. The van der Waals surface area contributed by atoms with E-state index < -0.39 is 144 Å². The predicted octanol–water partition coefficient (Wildman–Crippen LogP) is 1.27. The van der Waals surface area contributed by atoms with E-state index >= 15 is 28.8 Å². The molecule has 602 valence electrons. The number of benzene rings is 4. The smallest absolute Gasteiger partial charge is 0.246 e. The molecule has 4 aromatic carbocycles. The zero-order valence-electron chi connectivity index (χ0n) is 65.2. The number of hydrogen-bond donors (Lipinski definition) is 10. The summed E-state index contributed by atoms with van der Waals surface area (Å²) in [6.07, 6.45) is 1.89. The minimum Gasteiger partial charge on any atom is -0.497 e. The van der Waals surface area contributed by atoms with Gasteiger partial charge in [-0.2, -0.15) is 0 Å². The number of nitrogens with zero attached hydrogens (tertiary/aromatic N) is 5. The second kappa shape index (κ2) is 36.9. The lowest BCUT2D eigenvalue weighted by molar-refractivity contribution is -0.870. The van der Waals surface area contributed by atoms with E-state index in [4.69, 9.17) is 14.2 Å². The third-order valence-electron chi connectivity index (χ3n) is 22.4. The second-order valence-electron chi connectivity index (χ2n) is 31.7. The number of aliphatic hydroxyl groups is 1. The Bertz CT molecular complexity index is 4280. The first-order valence-corrected chi connectivity index (χ1v) is 39.2. The van der Waals surface area contributed by atoms with Crippen molar-refractivity contribution >= 4 is 81.8 Å². The van der Waals surface area contributed by atoms with Crippen molar-refractivity contribution in [3.8, 4) is 5.75 Å². The molecule has 7 heterocycles. The number of rotatable bonds is 12. The van der Waals surface area contributed by atoms with Gasteiger partial charge in [-0.05, 0) is 111 Å². The Morgan fingerprint density at radius 1 is 0.670 bits per heavy atom. The van der Waals surface area contributed by atoms with Crippen molar-refractivity contribution in [2.45, 2.75) is 190 Å². The number of methoxy groups -OCH3 is 1. The summed E-state index contributed by atoms with van der Waals surface area (Å²) in [6, 6.07) is 18.9. The maximum atomic E-state index is 16.2. The number of ether oxygens (including phenoxy) is 3. The van der Waals surface area contributed by atoms with Crippen LogP contribution in [0.5, 0.6) is 5.75 Å². The van der Waals surface area contributed by atoms with Crippen LogP contribution in [0.1, 0.15) is 118 Å². The molecule has 6 aliphatic heterocycles. The van der Waals surface area contributed by atoms with Crippen LogP contribution in [0.4, 0.5) is 0 Å². The van der Waals surface area contributed by atoms with Crippen LogP contribution in [-0.4, -0.2) is 247 Å². The molecule has 30 heteroatoms. The molecule has 1 aliphatic carbocycles. The van der Waals surface area contributed by atoms with E-state index in [9.17, 15) is 33.9 Å². The zero-order chi connectivity index (χ0) is 80.0. The fourth-order valence-corrected chi connectivity index (χ4v) is 15.8. The summed E-state index contributed by atoms with van der Waals surface area (Å²) in [5.41, 5.74) is 1.80. The number of hydrogen-bond acceptors (Lipinski definition) is 16. The topological polar surface area (TPSA) is 376 Å². The van der Waals surface area contributed by atoms with Crippen LogP contribution < -0.4 is 52.6 Å². The quantitative estimate of drug-likeness (QED) is 0.0621. The minimum atomic E-state index is -1.74. The number of quaternary nitrogens is 1. The van der Waals surface area contributed by atoms with E-state index in [-0.39, 0.29) is 90.2 Å². The maximum absolute atomic E-state index is 16.2. The molecule has 2 unspecified atom stereocenters. The molecule has 12 rings (SSSR count). The molecule has 0 spiro atoms. The van der Waals surface area contributed by atoms with Crippen LogP contribution in [0.2, 0.25) is 0 Å². The van der Waals surface area contributed by atoms with Gasteiger partial charge in [0.2, 0.25) is 70.9 Å². The highest BCUT2D eigenvalue weighted by Crippen LogP contribution is 2.59. The van der Waals surface area contributed by atoms with Gasteiger partial charge in [-0.15, -0.1) is 0 Å². The fourth-order valence-electron chi connectivity index (χ4n) is 15.8. The Labute approximate surface area is 652 Å². The van der Waals surface area contributed by atoms with Crippen LogP contribution in [0.25, 0.3) is 10.9 Å². The van der Waals surface area contributed by atoms with E-state index in [1.54, 1.807) is 60.4 Å². The number of para-hydroxylation sites is 1. The largest absolute Gasteiger partial charge is 0.497 e. The highest BCUT2D eigenvalue weighted by molar-refractivity contribution is 6.01. The number of aromatic nitrogens is 1. The standard InChI is InChI=1S/C82H108N14O16/c1-51-73(102)90-64(47-85-66(98)31-40-111-41-39-96(4,5)6)75(104)87-61-44-56-16-14-17-57(42-56)46-84-68(100)50-112-72-71-82(72)33-38-94(71)77(106)63(88-74(61)103)45-58-49-92(65-19-11-10-18-60(58)65)35-12-8-9-13-36-93(69(101)29-28-67(99)86-51)48-55-22-20-53(21-23-55)30-34-83-79(108)81(3)32-15-37-95(81)78(107)62(43-54-24-26-59(110-7)27-25-54)89-76(105)70(52(2)97)91-80(82)109/h10-11,14,16-27,42,49,51-52,61-64,70-72,97H,8-9,12-13,15,28-41,43-48,50H2,1-7H3,(H8-,83,84,85,86,87,88,89,90,91,98,99,100,102,103,104,105,108,109)/p+1/t51-,52+,61-,62-,63-,64+,70-,71?,72+,81-,82?/m0/s1. The summed E-state index contributed by atoms with van der Waals surface area (Å²) >= 11 is 0. The van der Waals surface area contributed by atoms with Gasteiger partial charge in [-0.1, -0.05) is 91.7 Å². The van der Waals surface area contributed by atoms with E-state index in [1.807, 2.05) is 75.9 Å². The lowest BCUT2D eigenvalue weighted by Crippen LogP contribution is -2.62. The van der Waals surface area contributed by atoms with Crippen LogP contribution in [0.3, 0.4) is 0 Å². The van der Waals surface area contributed by atoms with Crippen molar-refractivity contribution < 1.29 is 81.3 Å². The number of amides is 12. The summed E-state index contributed by atoms with van der Waals surface area (Å²) in [4.78, 5) is 183. The van der Waals surface area contributed by atoms with Crippen LogP contribution in [-0.2, 0) is 112 Å². The summed E-state index contributed by atoms with van der Waals surface area (Å²) in [5, 5.41) is 37.9. The molecule has 2 saturated heterocycles. The van der Waals surface area contributed by atoms with Crippen LogP contribution in [0.15, 0.2) is 103 Å². The van der Waals surface area contributed by atoms with Crippen molar-refractivity contribution in [2.24, 2.45) is 5.41 Å². The zero-order valence-corrected chi connectivity index (χ0v) is 65.2. The van der Waals surface area contributed by atoms with Gasteiger partial charge in [0.05, 0.1) is 59.7 Å². The Kier molecular flexibility index (Phi) is 27.2. The number of nitrogens with one attached hydrogen (secondary N) is 9. The van der Waals surface area contributed by atoms with Gasteiger partial charge in [0.15, 0.2) is 0 Å². The van der Waals surface area contributed by atoms with Crippen molar-refractivity contribution in [3.63, 3.8) is 0 Å². The number of fused-ring (bicyclic) bond motifs is 16. The highest BCUT2D eigenvalue weighted by atomic mass is 16.5. The predicted molar refractivity (Wildman–Crippen MR) is 413 cm³/mol. The Morgan fingerprint density at radius 3 is 2.14 bits per heavy atom. The molecule has 7 aliphatic rings. The number of carbonyl (C=O) groups excluding carboxylic acids is 12. The first-order valence-electron chi connectivity index (χ1n) is 39.2. The van der Waals surface area contributed by atoms with Gasteiger partial charge in [0, 0.05) is 108 Å². The fraction of sp³-hybridized carbons (Fsp3) is 0.537. The normalized spacial score (nSPS) is 26.5.